The van der Waals surface area contributed by atoms with Gasteiger partial charge in [-0.15, -0.1) is 0 Å². The van der Waals surface area contributed by atoms with Gasteiger partial charge in [0.25, 0.3) is 0 Å². The summed E-state index contributed by atoms with van der Waals surface area (Å²) in [5.41, 5.74) is 0. The van der Waals surface area contributed by atoms with Crippen molar-refractivity contribution in [1.82, 2.24) is 18.8 Å². The van der Waals surface area contributed by atoms with E-state index >= 15 is 0 Å². The molecule has 0 atom stereocenters. The molecule has 146 valence electrons. The van der Waals surface area contributed by atoms with Crippen molar-refractivity contribution in [2.75, 3.05) is 40.4 Å². The molecule has 1 saturated heterocycles. The number of piperazine rings is 1. The average molecular weight is 394 g/mol. The second kappa shape index (κ2) is 7.97. The SMILES string of the molecule is COc1ccc(S(=O)(=O)N2CCN(C(=O)Cn3ccnc3)CC2)cc1OC. The molecule has 0 aliphatic carbocycles. The molecule has 1 amide bonds. The third kappa shape index (κ3) is 4.06. The minimum atomic E-state index is -3.67. The summed E-state index contributed by atoms with van der Waals surface area (Å²) in [6, 6.07) is 4.51. The van der Waals surface area contributed by atoms with Crippen LogP contribution in [0.15, 0.2) is 41.8 Å². The fourth-order valence-corrected chi connectivity index (χ4v) is 4.38. The summed E-state index contributed by atoms with van der Waals surface area (Å²) in [5.74, 6) is 0.759. The Bertz CT molecular complexity index is 890. The van der Waals surface area contributed by atoms with Crippen molar-refractivity contribution < 1.29 is 22.7 Å². The van der Waals surface area contributed by atoms with Gasteiger partial charge in [-0.1, -0.05) is 0 Å². The van der Waals surface area contributed by atoms with E-state index in [-0.39, 0.29) is 30.4 Å². The predicted molar refractivity (Wildman–Crippen MR) is 97.1 cm³/mol. The number of carbonyl (C=O) groups is 1. The summed E-state index contributed by atoms with van der Waals surface area (Å²) in [4.78, 5) is 18.0. The number of benzene rings is 1. The van der Waals surface area contributed by atoms with Crippen LogP contribution >= 0.6 is 0 Å². The third-order valence-corrected chi connectivity index (χ3v) is 6.36. The largest absolute Gasteiger partial charge is 0.493 e. The second-order valence-corrected chi connectivity index (χ2v) is 7.97. The fourth-order valence-electron chi connectivity index (χ4n) is 2.94. The first-order valence-electron chi connectivity index (χ1n) is 8.41. The molecule has 1 aromatic heterocycles. The number of amides is 1. The molecule has 27 heavy (non-hydrogen) atoms. The molecule has 2 aromatic rings. The standard InChI is InChI=1S/C17H22N4O5S/c1-25-15-4-3-14(11-16(15)26-2)27(23,24)21-9-7-20(8-10-21)17(22)12-19-6-5-18-13-19/h3-6,11,13H,7-10,12H2,1-2H3. The monoisotopic (exact) mass is 394 g/mol. The Morgan fingerprint density at radius 3 is 2.41 bits per heavy atom. The van der Waals surface area contributed by atoms with Crippen molar-refractivity contribution in [3.8, 4) is 11.5 Å². The van der Waals surface area contributed by atoms with Crippen molar-refractivity contribution in [2.24, 2.45) is 0 Å². The minimum Gasteiger partial charge on any atom is -0.493 e. The van der Waals surface area contributed by atoms with E-state index in [0.717, 1.165) is 0 Å². The topological polar surface area (TPSA) is 94.0 Å². The number of carbonyl (C=O) groups excluding carboxylic acids is 1. The first-order chi connectivity index (χ1) is 13.0. The maximum absolute atomic E-state index is 12.9. The van der Waals surface area contributed by atoms with E-state index in [1.54, 1.807) is 34.3 Å². The summed E-state index contributed by atoms with van der Waals surface area (Å²) in [6.07, 6.45) is 4.91. The zero-order valence-corrected chi connectivity index (χ0v) is 16.1. The maximum Gasteiger partial charge on any atom is 0.243 e. The third-order valence-electron chi connectivity index (χ3n) is 4.46. The molecule has 0 spiro atoms. The van der Waals surface area contributed by atoms with Crippen LogP contribution in [0.2, 0.25) is 0 Å². The molecular formula is C17H22N4O5S. The fraction of sp³-hybridized carbons (Fsp3) is 0.412. The van der Waals surface area contributed by atoms with Crippen molar-refractivity contribution in [2.45, 2.75) is 11.4 Å². The van der Waals surface area contributed by atoms with E-state index in [2.05, 4.69) is 4.98 Å². The van der Waals surface area contributed by atoms with E-state index in [4.69, 9.17) is 9.47 Å². The summed E-state index contributed by atoms with van der Waals surface area (Å²) >= 11 is 0. The number of methoxy groups -OCH3 is 2. The summed E-state index contributed by atoms with van der Waals surface area (Å²) < 4.78 is 39.2. The summed E-state index contributed by atoms with van der Waals surface area (Å²) in [7, 11) is -0.725. The molecule has 0 radical (unpaired) electrons. The highest BCUT2D eigenvalue weighted by molar-refractivity contribution is 7.89. The molecule has 0 unspecified atom stereocenters. The average Bonchev–Trinajstić information content (AvgIpc) is 3.20. The molecule has 1 fully saturated rings. The number of rotatable bonds is 6. The lowest BCUT2D eigenvalue weighted by atomic mass is 10.3. The lowest BCUT2D eigenvalue weighted by molar-refractivity contribution is -0.133. The van der Waals surface area contributed by atoms with Crippen LogP contribution < -0.4 is 9.47 Å². The van der Waals surface area contributed by atoms with Crippen LogP contribution in [0.25, 0.3) is 0 Å². The van der Waals surface area contributed by atoms with Crippen LogP contribution in [0.1, 0.15) is 0 Å². The summed E-state index contributed by atoms with van der Waals surface area (Å²) in [5, 5.41) is 0. The van der Waals surface area contributed by atoms with Crippen LogP contribution in [0, 0.1) is 0 Å². The van der Waals surface area contributed by atoms with Crippen LogP contribution in [-0.4, -0.2) is 73.5 Å². The molecule has 1 aliphatic rings. The number of aromatic nitrogens is 2. The van der Waals surface area contributed by atoms with Gasteiger partial charge in [-0.2, -0.15) is 4.31 Å². The first-order valence-corrected chi connectivity index (χ1v) is 9.85. The van der Waals surface area contributed by atoms with E-state index in [1.807, 2.05) is 0 Å². The smallest absolute Gasteiger partial charge is 0.243 e. The highest BCUT2D eigenvalue weighted by Gasteiger charge is 2.30. The van der Waals surface area contributed by atoms with Crippen molar-refractivity contribution in [3.05, 3.63) is 36.9 Å². The van der Waals surface area contributed by atoms with Crippen LogP contribution in [0.4, 0.5) is 0 Å². The van der Waals surface area contributed by atoms with Crippen LogP contribution in [-0.2, 0) is 21.4 Å². The molecule has 3 rings (SSSR count). The van der Waals surface area contributed by atoms with Crippen LogP contribution in [0.3, 0.4) is 0 Å². The normalized spacial score (nSPS) is 15.6. The van der Waals surface area contributed by atoms with Gasteiger partial charge in [0, 0.05) is 44.6 Å². The molecule has 0 bridgehead atoms. The predicted octanol–water partition coefficient (Wildman–Crippen LogP) is 0.433. The molecule has 9 nitrogen and oxygen atoms in total. The van der Waals surface area contributed by atoms with Gasteiger partial charge in [0.15, 0.2) is 11.5 Å². The van der Waals surface area contributed by atoms with Gasteiger partial charge in [-0.25, -0.2) is 13.4 Å². The molecular weight excluding hydrogens is 372 g/mol. The van der Waals surface area contributed by atoms with E-state index < -0.39 is 10.0 Å². The van der Waals surface area contributed by atoms with E-state index in [1.165, 1.54) is 30.7 Å². The minimum absolute atomic E-state index is 0.0591. The molecule has 1 aromatic carbocycles. The molecule has 0 saturated carbocycles. The van der Waals surface area contributed by atoms with Gasteiger partial charge < -0.3 is 18.9 Å². The number of imidazole rings is 1. The van der Waals surface area contributed by atoms with E-state index in [0.29, 0.717) is 24.6 Å². The number of nitrogens with zero attached hydrogens (tertiary/aromatic N) is 4. The Labute approximate surface area is 158 Å². The number of hydrogen-bond donors (Lipinski definition) is 0. The Kier molecular flexibility index (Phi) is 5.66. The van der Waals surface area contributed by atoms with Crippen LogP contribution in [0.5, 0.6) is 11.5 Å². The number of hydrogen-bond acceptors (Lipinski definition) is 6. The molecule has 0 N–H and O–H groups in total. The van der Waals surface area contributed by atoms with Crippen molar-refractivity contribution in [3.63, 3.8) is 0 Å². The Morgan fingerprint density at radius 2 is 1.81 bits per heavy atom. The van der Waals surface area contributed by atoms with Gasteiger partial charge in [-0.05, 0) is 12.1 Å². The van der Waals surface area contributed by atoms with Crippen molar-refractivity contribution >= 4 is 15.9 Å². The molecule has 10 heteroatoms. The Hall–Kier alpha value is -2.59. The first kappa shape index (κ1) is 19.2. The van der Waals surface area contributed by atoms with E-state index in [9.17, 15) is 13.2 Å². The van der Waals surface area contributed by atoms with Crippen molar-refractivity contribution in [1.29, 1.82) is 0 Å². The molecule has 2 heterocycles. The zero-order valence-electron chi connectivity index (χ0n) is 15.2. The van der Waals surface area contributed by atoms with Gasteiger partial charge in [0.05, 0.1) is 25.4 Å². The highest BCUT2D eigenvalue weighted by Crippen LogP contribution is 2.30. The Balaban J connectivity index is 1.67. The van der Waals surface area contributed by atoms with Gasteiger partial charge in [-0.3, -0.25) is 4.79 Å². The highest BCUT2D eigenvalue weighted by atomic mass is 32.2. The maximum atomic E-state index is 12.9. The lowest BCUT2D eigenvalue weighted by Crippen LogP contribution is -2.51. The second-order valence-electron chi connectivity index (χ2n) is 6.04. The molecule has 1 aliphatic heterocycles. The van der Waals surface area contributed by atoms with Gasteiger partial charge in [0.2, 0.25) is 15.9 Å². The quantitative estimate of drug-likeness (QED) is 0.705. The summed E-state index contributed by atoms with van der Waals surface area (Å²) in [6.45, 7) is 1.38. The number of ether oxygens (including phenoxy) is 2. The zero-order chi connectivity index (χ0) is 19.4. The van der Waals surface area contributed by atoms with Gasteiger partial charge >= 0.3 is 0 Å². The number of sulfonamides is 1. The lowest BCUT2D eigenvalue weighted by Gasteiger charge is -2.34. The van der Waals surface area contributed by atoms with Gasteiger partial charge in [0.1, 0.15) is 6.54 Å². The Morgan fingerprint density at radius 1 is 1.11 bits per heavy atom.